The Hall–Kier alpha value is -4.20. The maximum Gasteiger partial charge on any atom is 0.170 e. The van der Waals surface area contributed by atoms with Crippen LogP contribution in [0.3, 0.4) is 0 Å². The van der Waals surface area contributed by atoms with Crippen molar-refractivity contribution in [2.75, 3.05) is 31.1 Å². The van der Waals surface area contributed by atoms with E-state index >= 15 is 0 Å². The highest BCUT2D eigenvalue weighted by Crippen LogP contribution is 2.42. The van der Waals surface area contributed by atoms with Crippen molar-refractivity contribution in [1.82, 2.24) is 10.3 Å². The molecule has 0 amide bonds. The number of nitriles is 1. The summed E-state index contributed by atoms with van der Waals surface area (Å²) in [4.78, 5) is 6.56. The first kappa shape index (κ1) is 26.0. The molecule has 40 heavy (non-hydrogen) atoms. The number of hydrogen-bond donors (Lipinski definition) is 2. The van der Waals surface area contributed by atoms with Crippen LogP contribution in [-0.4, -0.2) is 48.5 Å². The molecule has 6 rings (SSSR count). The monoisotopic (exact) mass is 548 g/mol. The molecule has 3 heterocycles. The molecule has 0 unspecified atom stereocenters. The summed E-state index contributed by atoms with van der Waals surface area (Å²) in [5.74, 6) is -4.75. The van der Waals surface area contributed by atoms with Crippen LogP contribution in [0.15, 0.2) is 48.7 Å². The van der Waals surface area contributed by atoms with Crippen LogP contribution in [0.2, 0.25) is 0 Å². The third-order valence-electron chi connectivity index (χ3n) is 7.55. The lowest BCUT2D eigenvalue weighted by atomic mass is 9.94. The fourth-order valence-electron chi connectivity index (χ4n) is 5.68. The number of aromatic nitrogens is 1. The number of piperidine rings is 1. The zero-order valence-electron chi connectivity index (χ0n) is 21.2. The minimum Gasteiger partial charge on any atom is -0.506 e. The molecule has 2 aliphatic heterocycles. The fraction of sp³-hybridized carbons (Fsp3) is 0.267. The van der Waals surface area contributed by atoms with Crippen molar-refractivity contribution in [3.63, 3.8) is 0 Å². The molecule has 2 aliphatic rings. The summed E-state index contributed by atoms with van der Waals surface area (Å²) in [5, 5.41) is 24.0. The number of rotatable bonds is 3. The number of fused-ring (bicyclic) bond motifs is 2. The molecule has 0 saturated carbocycles. The smallest absolute Gasteiger partial charge is 0.170 e. The Morgan fingerprint density at radius 2 is 1.85 bits per heavy atom. The second-order valence-electron chi connectivity index (χ2n) is 10.0. The van der Waals surface area contributed by atoms with Crippen LogP contribution in [0, 0.1) is 34.6 Å². The van der Waals surface area contributed by atoms with Crippen molar-refractivity contribution in [2.24, 2.45) is 0 Å². The molecule has 2 atom stereocenters. The quantitative estimate of drug-likeness (QED) is 0.322. The van der Waals surface area contributed by atoms with Gasteiger partial charge < -0.3 is 20.1 Å². The van der Waals surface area contributed by atoms with Gasteiger partial charge in [-0.1, -0.05) is 6.07 Å². The predicted octanol–water partition coefficient (Wildman–Crippen LogP) is 5.66. The lowest BCUT2D eigenvalue weighted by Crippen LogP contribution is -2.53. The van der Waals surface area contributed by atoms with Gasteiger partial charge in [0.1, 0.15) is 23.5 Å². The van der Waals surface area contributed by atoms with Crippen LogP contribution in [0.5, 0.6) is 5.75 Å². The van der Waals surface area contributed by atoms with Crippen LogP contribution in [0.25, 0.3) is 33.2 Å². The number of halogens is 4. The molecule has 2 fully saturated rings. The summed E-state index contributed by atoms with van der Waals surface area (Å²) in [6.45, 7) is 2.52. The van der Waals surface area contributed by atoms with Gasteiger partial charge in [0.25, 0.3) is 0 Å². The van der Waals surface area contributed by atoms with E-state index < -0.39 is 40.1 Å². The first-order valence-electron chi connectivity index (χ1n) is 12.9. The average molecular weight is 549 g/mol. The zero-order chi connectivity index (χ0) is 28.0. The van der Waals surface area contributed by atoms with Crippen LogP contribution < -0.4 is 10.2 Å². The lowest BCUT2D eigenvalue weighted by molar-refractivity contribution is 0.0377. The summed E-state index contributed by atoms with van der Waals surface area (Å²) >= 11 is 0. The van der Waals surface area contributed by atoms with Gasteiger partial charge in [-0.15, -0.1) is 0 Å². The number of nitrogens with zero attached hydrogens (tertiary/aromatic N) is 3. The fourth-order valence-corrected chi connectivity index (χ4v) is 5.68. The van der Waals surface area contributed by atoms with Gasteiger partial charge in [-0.05, 0) is 60.8 Å². The largest absolute Gasteiger partial charge is 0.506 e. The number of phenols is 1. The summed E-state index contributed by atoms with van der Waals surface area (Å²) < 4.78 is 64.1. The maximum absolute atomic E-state index is 15.0. The standard InChI is InChI=1S/C30H24F4N4O2/c31-19-8-17(9-20(32)12-19)22-14-37-24-3-2-16(27-28(34)23(33)11-18(13-35)30(27)39)10-21(24)29(22)38-6-4-25-26(15-38)40-7-1-5-36-25/h2-3,8-12,14,25-26,36,39H,1,4-7,15H2/t25-,26-/m1/s1. The van der Waals surface area contributed by atoms with Gasteiger partial charge >= 0.3 is 0 Å². The number of aromatic hydroxyl groups is 1. The molecule has 6 nitrogen and oxygen atoms in total. The van der Waals surface area contributed by atoms with Crippen molar-refractivity contribution in [3.05, 3.63) is 77.5 Å². The van der Waals surface area contributed by atoms with Crippen molar-refractivity contribution in [1.29, 1.82) is 5.26 Å². The molecule has 4 aromatic rings. The van der Waals surface area contributed by atoms with Crippen molar-refractivity contribution in [2.45, 2.75) is 25.0 Å². The molecular formula is C30H24F4N4O2. The Morgan fingerprint density at radius 3 is 2.62 bits per heavy atom. The molecule has 0 aliphatic carbocycles. The molecule has 204 valence electrons. The summed E-state index contributed by atoms with van der Waals surface area (Å²) in [7, 11) is 0. The highest BCUT2D eigenvalue weighted by Gasteiger charge is 2.33. The van der Waals surface area contributed by atoms with E-state index in [1.165, 1.54) is 24.4 Å². The Balaban J connectivity index is 1.58. The van der Waals surface area contributed by atoms with Crippen LogP contribution in [-0.2, 0) is 4.74 Å². The number of benzene rings is 3. The predicted molar refractivity (Wildman–Crippen MR) is 142 cm³/mol. The summed E-state index contributed by atoms with van der Waals surface area (Å²) in [5.41, 5.74) is 1.06. The van der Waals surface area contributed by atoms with E-state index in [1.807, 2.05) is 0 Å². The highest BCUT2D eigenvalue weighted by atomic mass is 19.2. The SMILES string of the molecule is N#Cc1cc(F)c(F)c(-c2ccc3ncc(-c4cc(F)cc(F)c4)c(N4CC[C@H]5NCCCO[C@@H]5C4)c3c2)c1O. The Bertz CT molecular complexity index is 1650. The maximum atomic E-state index is 15.0. The molecule has 0 bridgehead atoms. The number of nitrogens with one attached hydrogen (secondary N) is 1. The lowest BCUT2D eigenvalue weighted by Gasteiger charge is -2.40. The Labute approximate surface area is 227 Å². The molecule has 2 saturated heterocycles. The topological polar surface area (TPSA) is 81.4 Å². The average Bonchev–Trinajstić information content (AvgIpc) is 3.19. The van der Waals surface area contributed by atoms with E-state index in [-0.39, 0.29) is 23.3 Å². The van der Waals surface area contributed by atoms with Gasteiger partial charge in [0.15, 0.2) is 11.6 Å². The third-order valence-corrected chi connectivity index (χ3v) is 7.55. The van der Waals surface area contributed by atoms with Gasteiger partial charge in [0.2, 0.25) is 0 Å². The minimum atomic E-state index is -1.30. The normalized spacial score (nSPS) is 19.2. The highest BCUT2D eigenvalue weighted by molar-refractivity contribution is 6.02. The molecule has 0 spiro atoms. The Kier molecular flexibility index (Phi) is 6.78. The van der Waals surface area contributed by atoms with E-state index in [0.29, 0.717) is 47.9 Å². The number of hydrogen-bond acceptors (Lipinski definition) is 6. The minimum absolute atomic E-state index is 0.117. The van der Waals surface area contributed by atoms with E-state index in [9.17, 15) is 27.9 Å². The van der Waals surface area contributed by atoms with E-state index in [1.54, 1.807) is 18.2 Å². The van der Waals surface area contributed by atoms with E-state index in [4.69, 9.17) is 4.74 Å². The summed E-state index contributed by atoms with van der Waals surface area (Å²) in [6, 6.07) is 10.3. The summed E-state index contributed by atoms with van der Waals surface area (Å²) in [6.07, 6.45) is 3.03. The molecule has 1 aromatic heterocycles. The van der Waals surface area contributed by atoms with E-state index in [2.05, 4.69) is 15.2 Å². The van der Waals surface area contributed by atoms with Crippen molar-refractivity contribution < 1.29 is 27.4 Å². The Morgan fingerprint density at radius 1 is 1.05 bits per heavy atom. The molecule has 2 N–H and O–H groups in total. The zero-order valence-corrected chi connectivity index (χ0v) is 21.2. The van der Waals surface area contributed by atoms with Gasteiger partial charge in [-0.3, -0.25) is 4.98 Å². The number of pyridine rings is 1. The molecule has 10 heteroatoms. The van der Waals surface area contributed by atoms with Gasteiger partial charge in [-0.25, -0.2) is 17.6 Å². The number of anilines is 1. The van der Waals surface area contributed by atoms with Gasteiger partial charge in [0, 0.05) is 49.0 Å². The van der Waals surface area contributed by atoms with Crippen molar-refractivity contribution in [3.8, 4) is 34.1 Å². The van der Waals surface area contributed by atoms with E-state index in [0.717, 1.165) is 25.5 Å². The molecular weight excluding hydrogens is 524 g/mol. The van der Waals surface area contributed by atoms with Crippen LogP contribution >= 0.6 is 0 Å². The molecule has 3 aromatic carbocycles. The second kappa shape index (κ2) is 10.4. The second-order valence-corrected chi connectivity index (χ2v) is 10.0. The number of ether oxygens (including phenoxy) is 1. The van der Waals surface area contributed by atoms with Crippen molar-refractivity contribution >= 4 is 16.6 Å². The first-order chi connectivity index (χ1) is 19.3. The molecule has 0 radical (unpaired) electrons. The number of phenolic OH excluding ortho intramolecular Hbond substituents is 1. The third kappa shape index (κ3) is 4.61. The van der Waals surface area contributed by atoms with Crippen LogP contribution in [0.1, 0.15) is 18.4 Å². The first-order valence-corrected chi connectivity index (χ1v) is 12.9. The van der Waals surface area contributed by atoms with Crippen LogP contribution in [0.4, 0.5) is 23.2 Å². The van der Waals surface area contributed by atoms with Gasteiger partial charge in [0.05, 0.1) is 28.4 Å². The van der Waals surface area contributed by atoms with Gasteiger partial charge in [-0.2, -0.15) is 5.26 Å².